The Balaban J connectivity index is 2.76. The highest BCUT2D eigenvalue weighted by Crippen LogP contribution is 2.26. The van der Waals surface area contributed by atoms with Crippen molar-refractivity contribution in [2.45, 2.75) is 6.92 Å². The minimum absolute atomic E-state index is 0.0200. The molecule has 17 heavy (non-hydrogen) atoms. The molecule has 3 N–H and O–H groups in total. The third-order valence-corrected chi connectivity index (χ3v) is 2.26. The second kappa shape index (κ2) is 4.34. The molecule has 1 aromatic heterocycles. The number of hydrogen-bond acceptors (Lipinski definition) is 6. The van der Waals surface area contributed by atoms with E-state index in [4.69, 9.17) is 0 Å². The molecule has 2 aromatic rings. The summed E-state index contributed by atoms with van der Waals surface area (Å²) >= 11 is 0. The number of aromatic nitrogens is 2. The van der Waals surface area contributed by atoms with Gasteiger partial charge in [-0.15, -0.1) is 0 Å². The maximum absolute atomic E-state index is 11.3. The first-order chi connectivity index (χ1) is 8.13. The third-order valence-electron chi connectivity index (χ3n) is 2.26. The molecule has 0 spiro atoms. The SMILES string of the molecule is CNNc1nc(C(C)=O)nc2c(O)cccc12. The predicted octanol–water partition coefficient (Wildman–Crippen LogP) is 1.08. The highest BCUT2D eigenvalue weighted by molar-refractivity contribution is 5.98. The van der Waals surface area contributed by atoms with Crippen LogP contribution in [-0.2, 0) is 0 Å². The zero-order chi connectivity index (χ0) is 12.4. The third kappa shape index (κ3) is 2.02. The number of para-hydroxylation sites is 1. The van der Waals surface area contributed by atoms with Crippen LogP contribution >= 0.6 is 0 Å². The number of carbonyl (C=O) groups is 1. The van der Waals surface area contributed by atoms with Crippen LogP contribution in [0.3, 0.4) is 0 Å². The second-order valence-electron chi connectivity index (χ2n) is 3.50. The number of nitrogens with one attached hydrogen (secondary N) is 2. The van der Waals surface area contributed by atoms with Gasteiger partial charge < -0.3 is 10.5 Å². The first kappa shape index (κ1) is 11.3. The molecule has 1 heterocycles. The molecule has 0 aliphatic rings. The van der Waals surface area contributed by atoms with Crippen LogP contribution in [0.25, 0.3) is 10.9 Å². The van der Waals surface area contributed by atoms with E-state index < -0.39 is 0 Å². The van der Waals surface area contributed by atoms with E-state index in [-0.39, 0.29) is 17.4 Å². The number of phenolic OH excluding ortho intramolecular Hbond substituents is 1. The number of fused-ring (bicyclic) bond motifs is 1. The summed E-state index contributed by atoms with van der Waals surface area (Å²) in [5.74, 6) is 0.288. The molecular formula is C11H12N4O2. The first-order valence-electron chi connectivity index (χ1n) is 5.07. The summed E-state index contributed by atoms with van der Waals surface area (Å²) in [6, 6.07) is 4.97. The van der Waals surface area contributed by atoms with Gasteiger partial charge in [0.05, 0.1) is 0 Å². The molecule has 88 valence electrons. The van der Waals surface area contributed by atoms with Gasteiger partial charge in [0.2, 0.25) is 0 Å². The fourth-order valence-corrected chi connectivity index (χ4v) is 1.51. The van der Waals surface area contributed by atoms with Gasteiger partial charge in [0.1, 0.15) is 11.3 Å². The molecule has 0 aliphatic carbocycles. The van der Waals surface area contributed by atoms with E-state index in [0.29, 0.717) is 16.7 Å². The van der Waals surface area contributed by atoms with Gasteiger partial charge in [-0.1, -0.05) is 6.07 Å². The number of hydrazine groups is 1. The van der Waals surface area contributed by atoms with E-state index in [9.17, 15) is 9.90 Å². The van der Waals surface area contributed by atoms with E-state index in [2.05, 4.69) is 20.8 Å². The fraction of sp³-hybridized carbons (Fsp3) is 0.182. The van der Waals surface area contributed by atoms with Crippen LogP contribution < -0.4 is 10.9 Å². The Morgan fingerprint density at radius 3 is 2.76 bits per heavy atom. The standard InChI is InChI=1S/C11H12N4O2/c1-6(16)10-13-9-7(4-3-5-8(9)17)11(14-10)15-12-2/h3-5,12,17H,1-2H3,(H,13,14,15). The van der Waals surface area contributed by atoms with Crippen molar-refractivity contribution in [3.8, 4) is 5.75 Å². The van der Waals surface area contributed by atoms with Gasteiger partial charge in [-0.05, 0) is 12.1 Å². The summed E-state index contributed by atoms with van der Waals surface area (Å²) in [4.78, 5) is 19.4. The molecule has 0 saturated carbocycles. The summed E-state index contributed by atoms with van der Waals surface area (Å²) in [6.45, 7) is 1.38. The lowest BCUT2D eigenvalue weighted by atomic mass is 10.2. The van der Waals surface area contributed by atoms with E-state index in [0.717, 1.165) is 0 Å². The second-order valence-corrected chi connectivity index (χ2v) is 3.50. The van der Waals surface area contributed by atoms with Crippen LogP contribution in [0, 0.1) is 0 Å². The topological polar surface area (TPSA) is 87.1 Å². The Labute approximate surface area is 97.7 Å². The summed E-state index contributed by atoms with van der Waals surface area (Å²) in [5, 5.41) is 10.4. The lowest BCUT2D eigenvalue weighted by Crippen LogP contribution is -2.18. The number of phenols is 1. The number of nitrogens with zero attached hydrogens (tertiary/aromatic N) is 2. The number of hydrogen-bond donors (Lipinski definition) is 3. The predicted molar refractivity (Wildman–Crippen MR) is 63.9 cm³/mol. The van der Waals surface area contributed by atoms with Crippen LogP contribution in [0.15, 0.2) is 18.2 Å². The van der Waals surface area contributed by atoms with Crippen molar-refractivity contribution in [1.82, 2.24) is 15.4 Å². The zero-order valence-electron chi connectivity index (χ0n) is 9.48. The fourth-order valence-electron chi connectivity index (χ4n) is 1.51. The molecule has 0 radical (unpaired) electrons. The molecule has 1 aromatic carbocycles. The van der Waals surface area contributed by atoms with Gasteiger partial charge in [0.15, 0.2) is 17.4 Å². The normalized spacial score (nSPS) is 10.5. The molecule has 2 rings (SSSR count). The number of Topliss-reactive ketones (excluding diaryl/α,β-unsaturated/α-hetero) is 1. The van der Waals surface area contributed by atoms with Crippen molar-refractivity contribution in [1.29, 1.82) is 0 Å². The molecule has 6 heteroatoms. The first-order valence-corrected chi connectivity index (χ1v) is 5.07. The van der Waals surface area contributed by atoms with Crippen molar-refractivity contribution in [2.75, 3.05) is 12.5 Å². The lowest BCUT2D eigenvalue weighted by Gasteiger charge is -2.09. The molecule has 0 saturated heterocycles. The van der Waals surface area contributed by atoms with Gasteiger partial charge in [-0.2, -0.15) is 0 Å². The molecule has 0 fully saturated rings. The van der Waals surface area contributed by atoms with Gasteiger partial charge in [0.25, 0.3) is 0 Å². The number of anilines is 1. The molecule has 0 aliphatic heterocycles. The maximum Gasteiger partial charge on any atom is 0.198 e. The minimum atomic E-state index is -0.255. The van der Waals surface area contributed by atoms with Crippen molar-refractivity contribution >= 4 is 22.5 Å². The number of ketones is 1. The summed E-state index contributed by atoms with van der Waals surface area (Å²) < 4.78 is 0. The number of rotatable bonds is 3. The van der Waals surface area contributed by atoms with Crippen molar-refractivity contribution in [3.63, 3.8) is 0 Å². The molecule has 0 unspecified atom stereocenters. The van der Waals surface area contributed by atoms with Crippen LogP contribution in [0.2, 0.25) is 0 Å². The molecule has 0 bridgehead atoms. The van der Waals surface area contributed by atoms with Gasteiger partial charge in [-0.3, -0.25) is 4.79 Å². The van der Waals surface area contributed by atoms with Crippen LogP contribution in [0.4, 0.5) is 5.82 Å². The monoisotopic (exact) mass is 232 g/mol. The van der Waals surface area contributed by atoms with Crippen molar-refractivity contribution in [2.24, 2.45) is 0 Å². The van der Waals surface area contributed by atoms with E-state index in [1.54, 1.807) is 19.2 Å². The molecule has 0 atom stereocenters. The van der Waals surface area contributed by atoms with Gasteiger partial charge in [0, 0.05) is 19.4 Å². The summed E-state index contributed by atoms with van der Waals surface area (Å²) in [6.07, 6.45) is 0. The van der Waals surface area contributed by atoms with E-state index >= 15 is 0 Å². The van der Waals surface area contributed by atoms with E-state index in [1.165, 1.54) is 13.0 Å². The average molecular weight is 232 g/mol. The van der Waals surface area contributed by atoms with Gasteiger partial charge >= 0.3 is 0 Å². The number of carbonyl (C=O) groups excluding carboxylic acids is 1. The van der Waals surface area contributed by atoms with Crippen molar-refractivity contribution < 1.29 is 9.90 Å². The quantitative estimate of drug-likeness (QED) is 0.542. The Morgan fingerprint density at radius 2 is 2.12 bits per heavy atom. The Hall–Kier alpha value is -2.21. The maximum atomic E-state index is 11.3. The lowest BCUT2D eigenvalue weighted by molar-refractivity contribution is 0.100. The smallest absolute Gasteiger partial charge is 0.198 e. The van der Waals surface area contributed by atoms with Gasteiger partial charge in [-0.25, -0.2) is 15.4 Å². The Kier molecular flexibility index (Phi) is 2.88. The molecule has 6 nitrogen and oxygen atoms in total. The zero-order valence-corrected chi connectivity index (χ0v) is 9.48. The number of benzene rings is 1. The molecule has 0 amide bonds. The van der Waals surface area contributed by atoms with E-state index in [1.807, 2.05) is 0 Å². The van der Waals surface area contributed by atoms with Crippen LogP contribution in [-0.4, -0.2) is 27.9 Å². The number of aromatic hydroxyl groups is 1. The largest absolute Gasteiger partial charge is 0.506 e. The van der Waals surface area contributed by atoms with Crippen LogP contribution in [0.1, 0.15) is 17.5 Å². The summed E-state index contributed by atoms with van der Waals surface area (Å²) in [5.41, 5.74) is 5.89. The highest BCUT2D eigenvalue weighted by atomic mass is 16.3. The summed E-state index contributed by atoms with van der Waals surface area (Å²) in [7, 11) is 1.68. The highest BCUT2D eigenvalue weighted by Gasteiger charge is 2.12. The Morgan fingerprint density at radius 1 is 1.35 bits per heavy atom. The molecular weight excluding hydrogens is 220 g/mol. The van der Waals surface area contributed by atoms with Crippen molar-refractivity contribution in [3.05, 3.63) is 24.0 Å². The Bertz CT molecular complexity index is 583. The average Bonchev–Trinajstić information content (AvgIpc) is 2.30. The minimum Gasteiger partial charge on any atom is -0.506 e. The van der Waals surface area contributed by atoms with Crippen LogP contribution in [0.5, 0.6) is 5.75 Å².